The molecule has 188 valence electrons. The molecule has 0 saturated carbocycles. The molecule has 0 radical (unpaired) electrons. The van der Waals surface area contributed by atoms with E-state index >= 15 is 0 Å². The van der Waals surface area contributed by atoms with E-state index in [1.54, 1.807) is 17.0 Å². The first-order valence-corrected chi connectivity index (χ1v) is 14.7. The van der Waals surface area contributed by atoms with Gasteiger partial charge in [0, 0.05) is 34.4 Å². The first-order chi connectivity index (χ1) is 16.5. The van der Waals surface area contributed by atoms with Crippen molar-refractivity contribution in [3.63, 3.8) is 0 Å². The molecule has 2 aromatic carbocycles. The normalized spacial score (nSPS) is 21.5. The number of halogens is 2. The van der Waals surface area contributed by atoms with Crippen molar-refractivity contribution in [3.05, 3.63) is 62.5 Å². The van der Waals surface area contributed by atoms with Gasteiger partial charge in [0.2, 0.25) is 21.8 Å². The van der Waals surface area contributed by atoms with E-state index in [0.29, 0.717) is 18.4 Å². The Morgan fingerprint density at radius 2 is 1.69 bits per heavy atom. The Morgan fingerprint density at radius 3 is 2.31 bits per heavy atom. The van der Waals surface area contributed by atoms with Crippen molar-refractivity contribution >= 4 is 53.7 Å². The molecule has 2 amide bonds. The Bertz CT molecular complexity index is 1230. The summed E-state index contributed by atoms with van der Waals surface area (Å²) in [5, 5.41) is 0. The molecule has 10 heteroatoms. The minimum absolute atomic E-state index is 0.0412. The number of hydrogen-bond acceptors (Lipinski definition) is 4. The molecule has 0 spiro atoms. The topological polar surface area (TPSA) is 78.0 Å². The molecule has 35 heavy (non-hydrogen) atoms. The molecule has 2 saturated heterocycles. The van der Waals surface area contributed by atoms with Gasteiger partial charge in [-0.3, -0.25) is 9.59 Å². The highest BCUT2D eigenvalue weighted by Gasteiger charge is 2.51. The summed E-state index contributed by atoms with van der Waals surface area (Å²) in [5.74, 6) is -0.337. The monoisotopic (exact) mass is 625 g/mol. The van der Waals surface area contributed by atoms with Gasteiger partial charge in [0.05, 0.1) is 11.4 Å². The third-order valence-electron chi connectivity index (χ3n) is 6.71. The molecule has 2 aromatic rings. The Kier molecular flexibility index (Phi) is 7.76. The number of sulfonamides is 1. The molecule has 2 atom stereocenters. The van der Waals surface area contributed by atoms with Gasteiger partial charge in [0.1, 0.15) is 12.2 Å². The summed E-state index contributed by atoms with van der Waals surface area (Å²) in [5.41, 5.74) is 1.62. The van der Waals surface area contributed by atoms with Crippen molar-refractivity contribution in [3.8, 4) is 0 Å². The lowest BCUT2D eigenvalue weighted by Crippen LogP contribution is -2.72. The summed E-state index contributed by atoms with van der Waals surface area (Å²) in [4.78, 5) is 30.2. The third kappa shape index (κ3) is 5.08. The van der Waals surface area contributed by atoms with Crippen LogP contribution in [0.25, 0.3) is 0 Å². The molecule has 0 aromatic heterocycles. The zero-order valence-corrected chi connectivity index (χ0v) is 23.9. The van der Waals surface area contributed by atoms with Crippen molar-refractivity contribution in [2.24, 2.45) is 0 Å². The van der Waals surface area contributed by atoms with E-state index in [1.807, 2.05) is 51.1 Å². The standard InChI is InChI=1S/C25H29Br2N3O4S/c1-4-18-14-20(27)9-10-22(18)35(33,34)29-12-11-24(31)30-21(13-17-5-7-19(26)8-6-17)25(32)28(16(2)3)15-23(29)30/h5-10,14,16,21,23H,4,11-13,15H2,1-3H3. The number of carbonyl (C=O) groups is 2. The molecule has 2 unspecified atom stereocenters. The number of piperazine rings is 1. The van der Waals surface area contributed by atoms with Gasteiger partial charge in [-0.05, 0) is 61.7 Å². The van der Waals surface area contributed by atoms with Crippen LogP contribution in [0.15, 0.2) is 56.3 Å². The van der Waals surface area contributed by atoms with E-state index in [4.69, 9.17) is 0 Å². The maximum atomic E-state index is 14.0. The van der Waals surface area contributed by atoms with Gasteiger partial charge in [0.15, 0.2) is 0 Å². The fraction of sp³-hybridized carbons (Fsp3) is 0.440. The third-order valence-corrected chi connectivity index (χ3v) is 9.73. The van der Waals surface area contributed by atoms with Crippen LogP contribution < -0.4 is 0 Å². The quantitative estimate of drug-likeness (QED) is 0.482. The van der Waals surface area contributed by atoms with Crippen LogP contribution in [0.2, 0.25) is 0 Å². The SMILES string of the molecule is CCc1cc(Br)ccc1S(=O)(=O)N1CCC(=O)N2C(Cc3ccc(Br)cc3)C(=O)N(C(C)C)CC21. The molecule has 7 nitrogen and oxygen atoms in total. The van der Waals surface area contributed by atoms with Crippen LogP contribution in [0.1, 0.15) is 38.3 Å². The fourth-order valence-electron chi connectivity index (χ4n) is 4.90. The van der Waals surface area contributed by atoms with Crippen LogP contribution in [0.4, 0.5) is 0 Å². The Hall–Kier alpha value is -1.75. The molecule has 2 aliphatic heterocycles. The van der Waals surface area contributed by atoms with Gasteiger partial charge in [-0.25, -0.2) is 8.42 Å². The first-order valence-electron chi connectivity index (χ1n) is 11.7. The summed E-state index contributed by atoms with van der Waals surface area (Å²) in [6, 6.07) is 11.9. The van der Waals surface area contributed by atoms with Crippen LogP contribution in [-0.4, -0.2) is 65.7 Å². The van der Waals surface area contributed by atoms with E-state index < -0.39 is 22.2 Å². The Balaban J connectivity index is 1.77. The van der Waals surface area contributed by atoms with E-state index in [2.05, 4.69) is 31.9 Å². The second-order valence-corrected chi connectivity index (χ2v) is 12.9. The number of aryl methyl sites for hydroxylation is 1. The van der Waals surface area contributed by atoms with Crippen molar-refractivity contribution < 1.29 is 18.0 Å². The summed E-state index contributed by atoms with van der Waals surface area (Å²) < 4.78 is 31.1. The zero-order valence-electron chi connectivity index (χ0n) is 19.9. The lowest BCUT2D eigenvalue weighted by atomic mass is 9.97. The minimum atomic E-state index is -3.91. The average molecular weight is 627 g/mol. The largest absolute Gasteiger partial charge is 0.335 e. The predicted octanol–water partition coefficient (Wildman–Crippen LogP) is 4.19. The van der Waals surface area contributed by atoms with Gasteiger partial charge in [-0.1, -0.05) is 50.9 Å². The second-order valence-electron chi connectivity index (χ2n) is 9.18. The van der Waals surface area contributed by atoms with Crippen molar-refractivity contribution in [1.82, 2.24) is 14.1 Å². The van der Waals surface area contributed by atoms with Gasteiger partial charge in [-0.15, -0.1) is 0 Å². The number of nitrogens with zero attached hydrogens (tertiary/aromatic N) is 3. The average Bonchev–Trinajstić information content (AvgIpc) is 2.81. The number of rotatable bonds is 6. The van der Waals surface area contributed by atoms with Crippen LogP contribution in [0, 0.1) is 0 Å². The predicted molar refractivity (Wildman–Crippen MR) is 141 cm³/mol. The molecule has 2 heterocycles. The lowest BCUT2D eigenvalue weighted by molar-refractivity contribution is -0.166. The van der Waals surface area contributed by atoms with Crippen molar-refractivity contribution in [1.29, 1.82) is 0 Å². The number of fused-ring (bicyclic) bond motifs is 1. The maximum Gasteiger partial charge on any atom is 0.246 e. The summed E-state index contributed by atoms with van der Waals surface area (Å²) >= 11 is 6.86. The summed E-state index contributed by atoms with van der Waals surface area (Å²) in [6.07, 6.45) is 0.164. The van der Waals surface area contributed by atoms with Crippen molar-refractivity contribution in [2.75, 3.05) is 13.1 Å². The summed E-state index contributed by atoms with van der Waals surface area (Å²) in [6.45, 7) is 5.99. The number of benzene rings is 2. The van der Waals surface area contributed by atoms with E-state index in [0.717, 1.165) is 14.5 Å². The molecule has 4 rings (SSSR count). The molecule has 0 N–H and O–H groups in total. The molecule has 0 aliphatic carbocycles. The fourth-order valence-corrected chi connectivity index (χ4v) is 7.42. The van der Waals surface area contributed by atoms with Gasteiger partial charge in [0.25, 0.3) is 0 Å². The Labute approximate surface area is 223 Å². The van der Waals surface area contributed by atoms with Crippen LogP contribution >= 0.6 is 31.9 Å². The highest BCUT2D eigenvalue weighted by Crippen LogP contribution is 2.34. The van der Waals surface area contributed by atoms with E-state index in [9.17, 15) is 18.0 Å². The molecule has 0 bridgehead atoms. The van der Waals surface area contributed by atoms with Gasteiger partial charge in [-0.2, -0.15) is 4.31 Å². The van der Waals surface area contributed by atoms with Gasteiger partial charge < -0.3 is 9.80 Å². The lowest BCUT2D eigenvalue weighted by Gasteiger charge is -2.52. The number of amides is 2. The smallest absolute Gasteiger partial charge is 0.246 e. The molecule has 2 fully saturated rings. The molecular weight excluding hydrogens is 598 g/mol. The zero-order chi connectivity index (χ0) is 25.5. The van der Waals surface area contributed by atoms with Gasteiger partial charge >= 0.3 is 0 Å². The van der Waals surface area contributed by atoms with E-state index in [-0.39, 0.29) is 42.3 Å². The highest BCUT2D eigenvalue weighted by atomic mass is 79.9. The number of carbonyl (C=O) groups excluding carboxylic acids is 2. The van der Waals surface area contributed by atoms with Crippen LogP contribution in [0.5, 0.6) is 0 Å². The maximum absolute atomic E-state index is 14.0. The van der Waals surface area contributed by atoms with Crippen molar-refractivity contribution in [2.45, 2.75) is 63.2 Å². The van der Waals surface area contributed by atoms with Crippen LogP contribution in [0.3, 0.4) is 0 Å². The minimum Gasteiger partial charge on any atom is -0.335 e. The number of hydrogen-bond donors (Lipinski definition) is 0. The summed E-state index contributed by atoms with van der Waals surface area (Å²) in [7, 11) is -3.91. The Morgan fingerprint density at radius 1 is 1.03 bits per heavy atom. The molecular formula is C25H29Br2N3O4S. The first kappa shape index (κ1) is 26.3. The van der Waals surface area contributed by atoms with E-state index in [1.165, 1.54) is 9.21 Å². The highest BCUT2D eigenvalue weighted by molar-refractivity contribution is 9.10. The molecule has 2 aliphatic rings. The van der Waals surface area contributed by atoms with Crippen LogP contribution in [-0.2, 0) is 32.5 Å². The second kappa shape index (κ2) is 10.3.